The molecule has 0 saturated heterocycles. The summed E-state index contributed by atoms with van der Waals surface area (Å²) >= 11 is 9.66. The molecule has 0 aliphatic carbocycles. The smallest absolute Gasteiger partial charge is 0.267 e. The van der Waals surface area contributed by atoms with Crippen LogP contribution in [-0.2, 0) is 0 Å². The second kappa shape index (κ2) is 7.86. The number of carbonyl (C=O) groups is 1. The summed E-state index contributed by atoms with van der Waals surface area (Å²) in [5.74, 6) is -0.605. The quantitative estimate of drug-likeness (QED) is 0.459. The van der Waals surface area contributed by atoms with Gasteiger partial charge in [-0.3, -0.25) is 4.79 Å². The standard InChI is InChI=1S/C22H15BrClFN2O/c23-16-9-5-14(6-10-16)20-13-21(15-7-11-17(25)12-8-15)27(26-20)22(28)18-3-1-2-4-19(18)24/h1-12,21H,13H2/t21-/m0/s1. The molecule has 140 valence electrons. The molecule has 1 amide bonds. The summed E-state index contributed by atoms with van der Waals surface area (Å²) in [7, 11) is 0. The van der Waals surface area contributed by atoms with Crippen LogP contribution in [0.3, 0.4) is 0 Å². The van der Waals surface area contributed by atoms with Crippen molar-refractivity contribution in [1.29, 1.82) is 0 Å². The van der Waals surface area contributed by atoms with E-state index in [2.05, 4.69) is 21.0 Å². The molecule has 0 bridgehead atoms. The fourth-order valence-corrected chi connectivity index (χ4v) is 3.70. The third kappa shape index (κ3) is 3.73. The van der Waals surface area contributed by atoms with Gasteiger partial charge in [-0.25, -0.2) is 9.40 Å². The summed E-state index contributed by atoms with van der Waals surface area (Å²) in [5.41, 5.74) is 2.93. The van der Waals surface area contributed by atoms with E-state index < -0.39 is 0 Å². The van der Waals surface area contributed by atoms with Gasteiger partial charge in [0.1, 0.15) is 5.82 Å². The Morgan fingerprint density at radius 1 is 1.04 bits per heavy atom. The largest absolute Gasteiger partial charge is 0.276 e. The first-order chi connectivity index (χ1) is 13.5. The van der Waals surface area contributed by atoms with Crippen LogP contribution in [0, 0.1) is 5.82 Å². The Balaban J connectivity index is 1.75. The third-order valence-corrected chi connectivity index (χ3v) is 5.51. The average molecular weight is 458 g/mol. The average Bonchev–Trinajstić information content (AvgIpc) is 3.14. The van der Waals surface area contributed by atoms with Crippen LogP contribution in [0.5, 0.6) is 0 Å². The van der Waals surface area contributed by atoms with E-state index in [1.807, 2.05) is 24.3 Å². The molecule has 0 spiro atoms. The lowest BCUT2D eigenvalue weighted by Gasteiger charge is -2.22. The van der Waals surface area contributed by atoms with Crippen molar-refractivity contribution in [2.24, 2.45) is 5.10 Å². The van der Waals surface area contributed by atoms with Crippen molar-refractivity contribution in [3.8, 4) is 0 Å². The number of hydrazone groups is 1. The molecule has 0 fully saturated rings. The van der Waals surface area contributed by atoms with Gasteiger partial charge in [-0.2, -0.15) is 5.10 Å². The van der Waals surface area contributed by atoms with E-state index in [4.69, 9.17) is 11.6 Å². The minimum Gasteiger partial charge on any atom is -0.267 e. The van der Waals surface area contributed by atoms with Crippen molar-refractivity contribution in [3.05, 3.63) is 105 Å². The van der Waals surface area contributed by atoms with E-state index in [0.29, 0.717) is 17.0 Å². The molecule has 1 aliphatic rings. The Morgan fingerprint density at radius 2 is 1.71 bits per heavy atom. The fraction of sp³-hybridized carbons (Fsp3) is 0.0909. The van der Waals surface area contributed by atoms with E-state index in [1.165, 1.54) is 17.1 Å². The molecule has 6 heteroatoms. The normalized spacial score (nSPS) is 16.2. The fourth-order valence-electron chi connectivity index (χ4n) is 3.22. The lowest BCUT2D eigenvalue weighted by molar-refractivity contribution is 0.0711. The number of benzene rings is 3. The van der Waals surface area contributed by atoms with Crippen LogP contribution in [-0.4, -0.2) is 16.6 Å². The topological polar surface area (TPSA) is 32.7 Å². The van der Waals surface area contributed by atoms with Gasteiger partial charge >= 0.3 is 0 Å². The van der Waals surface area contributed by atoms with Crippen LogP contribution in [0.15, 0.2) is 82.4 Å². The van der Waals surface area contributed by atoms with Crippen LogP contribution >= 0.6 is 27.5 Å². The van der Waals surface area contributed by atoms with Gasteiger partial charge in [0, 0.05) is 10.9 Å². The molecular formula is C22H15BrClFN2O. The maximum atomic E-state index is 13.4. The van der Waals surface area contributed by atoms with E-state index in [9.17, 15) is 9.18 Å². The summed E-state index contributed by atoms with van der Waals surface area (Å²) in [4.78, 5) is 13.2. The number of carbonyl (C=O) groups excluding carboxylic acids is 1. The lowest BCUT2D eigenvalue weighted by Crippen LogP contribution is -2.27. The van der Waals surface area contributed by atoms with Crippen molar-refractivity contribution in [2.75, 3.05) is 0 Å². The molecule has 0 N–H and O–H groups in total. The highest BCUT2D eigenvalue weighted by Crippen LogP contribution is 2.35. The first kappa shape index (κ1) is 18.8. The monoisotopic (exact) mass is 456 g/mol. The Kier molecular flexibility index (Phi) is 5.29. The molecule has 4 rings (SSSR count). The summed E-state index contributed by atoms with van der Waals surface area (Å²) in [5, 5.41) is 6.44. The molecule has 0 aromatic heterocycles. The van der Waals surface area contributed by atoms with Crippen molar-refractivity contribution in [3.63, 3.8) is 0 Å². The van der Waals surface area contributed by atoms with E-state index >= 15 is 0 Å². The Hall–Kier alpha value is -2.50. The van der Waals surface area contributed by atoms with Gasteiger partial charge in [-0.05, 0) is 47.5 Å². The van der Waals surface area contributed by atoms with E-state index in [0.717, 1.165) is 21.3 Å². The van der Waals surface area contributed by atoms with Crippen LogP contribution in [0.2, 0.25) is 5.02 Å². The summed E-state index contributed by atoms with van der Waals surface area (Å²) in [6.45, 7) is 0. The Morgan fingerprint density at radius 3 is 2.39 bits per heavy atom. The van der Waals surface area contributed by atoms with Gasteiger partial charge in [0.25, 0.3) is 5.91 Å². The van der Waals surface area contributed by atoms with Crippen LogP contribution in [0.25, 0.3) is 0 Å². The number of hydrogen-bond acceptors (Lipinski definition) is 2. The first-order valence-electron chi connectivity index (χ1n) is 8.70. The number of rotatable bonds is 3. The van der Waals surface area contributed by atoms with E-state index in [1.54, 1.807) is 36.4 Å². The number of halogens is 3. The van der Waals surface area contributed by atoms with E-state index in [-0.39, 0.29) is 17.8 Å². The first-order valence-corrected chi connectivity index (χ1v) is 9.87. The van der Waals surface area contributed by atoms with Gasteiger partial charge in [0.15, 0.2) is 0 Å². The molecule has 0 radical (unpaired) electrons. The van der Waals surface area contributed by atoms with Crippen LogP contribution < -0.4 is 0 Å². The highest BCUT2D eigenvalue weighted by atomic mass is 79.9. The summed E-state index contributed by atoms with van der Waals surface area (Å²) in [6, 6.07) is 20.5. The predicted octanol–water partition coefficient (Wildman–Crippen LogP) is 6.23. The van der Waals surface area contributed by atoms with Crippen molar-refractivity contribution < 1.29 is 9.18 Å². The van der Waals surface area contributed by atoms with Crippen molar-refractivity contribution >= 4 is 39.1 Å². The lowest BCUT2D eigenvalue weighted by atomic mass is 9.98. The minimum atomic E-state index is -0.331. The highest BCUT2D eigenvalue weighted by molar-refractivity contribution is 9.10. The molecule has 0 unspecified atom stereocenters. The molecule has 28 heavy (non-hydrogen) atoms. The maximum absolute atomic E-state index is 13.4. The zero-order chi connectivity index (χ0) is 19.7. The molecule has 1 atom stereocenters. The molecule has 3 aromatic carbocycles. The molecule has 1 heterocycles. The summed E-state index contributed by atoms with van der Waals surface area (Å²) < 4.78 is 14.4. The zero-order valence-electron chi connectivity index (χ0n) is 14.6. The third-order valence-electron chi connectivity index (χ3n) is 4.65. The SMILES string of the molecule is O=C(c1ccccc1Cl)N1N=C(c2ccc(Br)cc2)C[C@H]1c1ccc(F)cc1. The van der Waals surface area contributed by atoms with Gasteiger partial charge in [0.2, 0.25) is 0 Å². The molecule has 1 aliphatic heterocycles. The van der Waals surface area contributed by atoms with Gasteiger partial charge in [-0.15, -0.1) is 0 Å². The van der Waals surface area contributed by atoms with Gasteiger partial charge in [-0.1, -0.05) is 63.9 Å². The van der Waals surface area contributed by atoms with Crippen LogP contribution in [0.1, 0.15) is 33.9 Å². The molecule has 3 nitrogen and oxygen atoms in total. The minimum absolute atomic E-state index is 0.285. The predicted molar refractivity (Wildman–Crippen MR) is 112 cm³/mol. The molecule has 3 aromatic rings. The van der Waals surface area contributed by atoms with Gasteiger partial charge < -0.3 is 0 Å². The van der Waals surface area contributed by atoms with Crippen LogP contribution in [0.4, 0.5) is 4.39 Å². The van der Waals surface area contributed by atoms with Gasteiger partial charge in [0.05, 0.1) is 22.3 Å². The second-order valence-corrected chi connectivity index (χ2v) is 7.78. The molecular weight excluding hydrogens is 443 g/mol. The zero-order valence-corrected chi connectivity index (χ0v) is 17.0. The van der Waals surface area contributed by atoms with Crippen molar-refractivity contribution in [2.45, 2.75) is 12.5 Å². The number of hydrogen-bond donors (Lipinski definition) is 0. The highest BCUT2D eigenvalue weighted by Gasteiger charge is 2.34. The van der Waals surface area contributed by atoms with Crippen molar-refractivity contribution in [1.82, 2.24) is 5.01 Å². The Bertz CT molecular complexity index is 1050. The second-order valence-electron chi connectivity index (χ2n) is 6.45. The molecule has 0 saturated carbocycles. The maximum Gasteiger partial charge on any atom is 0.276 e. The number of nitrogens with zero attached hydrogens (tertiary/aromatic N) is 2. The Labute approximate surface area is 175 Å². The number of amides is 1. The summed E-state index contributed by atoms with van der Waals surface area (Å²) in [6.07, 6.45) is 0.531.